The molecule has 5 heteroatoms. The first-order chi connectivity index (χ1) is 3.98. The van der Waals surface area contributed by atoms with Crippen LogP contribution >= 0.6 is 11.9 Å². The van der Waals surface area contributed by atoms with Crippen LogP contribution in [0.1, 0.15) is 6.92 Å². The molecule has 0 amide bonds. The van der Waals surface area contributed by atoms with Crippen LogP contribution in [0.15, 0.2) is 0 Å². The van der Waals surface area contributed by atoms with E-state index < -0.39 is 12.1 Å². The lowest BCUT2D eigenvalue weighted by Gasteiger charge is -2.12. The van der Waals surface area contributed by atoms with E-state index in [4.69, 9.17) is 5.14 Å². The smallest absolute Gasteiger partial charge is 0.278 e. The summed E-state index contributed by atoms with van der Waals surface area (Å²) in [6.07, 6.45) is -4.09. The van der Waals surface area contributed by atoms with Crippen molar-refractivity contribution in [2.75, 3.05) is 5.75 Å². The molecule has 1 atom stereocenters. The van der Waals surface area contributed by atoms with Crippen molar-refractivity contribution >= 4 is 11.9 Å². The summed E-state index contributed by atoms with van der Waals surface area (Å²) in [6.45, 7) is 1.11. The average molecular weight is 159 g/mol. The highest BCUT2D eigenvalue weighted by Crippen LogP contribution is 2.26. The van der Waals surface area contributed by atoms with Crippen molar-refractivity contribution in [3.8, 4) is 0 Å². The largest absolute Gasteiger partial charge is 0.392 e. The minimum atomic E-state index is -4.09. The lowest BCUT2D eigenvalue weighted by Crippen LogP contribution is -2.22. The Morgan fingerprint density at radius 1 is 1.56 bits per heavy atom. The topological polar surface area (TPSA) is 26.0 Å². The van der Waals surface area contributed by atoms with E-state index in [1.165, 1.54) is 0 Å². The lowest BCUT2D eigenvalue weighted by atomic mass is 10.2. The van der Waals surface area contributed by atoms with Crippen molar-refractivity contribution in [1.29, 1.82) is 0 Å². The second-order valence-electron chi connectivity index (χ2n) is 1.78. The molecular weight excluding hydrogens is 151 g/mol. The fourth-order valence-electron chi connectivity index (χ4n) is 0.239. The normalized spacial score (nSPS) is 15.7. The predicted octanol–water partition coefficient (Wildman–Crippen LogP) is 1.79. The molecule has 1 nitrogen and oxygen atoms in total. The Hall–Kier alpha value is 0.100. The molecule has 0 aromatic heterocycles. The summed E-state index contributed by atoms with van der Waals surface area (Å²) in [5.41, 5.74) is 0. The molecule has 0 fully saturated rings. The van der Waals surface area contributed by atoms with Crippen LogP contribution in [0.25, 0.3) is 0 Å². The Morgan fingerprint density at radius 3 is 2.11 bits per heavy atom. The Labute approximate surface area is 55.9 Å². The Morgan fingerprint density at radius 2 is 2.00 bits per heavy atom. The third-order valence-corrected chi connectivity index (χ3v) is 1.60. The number of nitrogens with two attached hydrogens (primary N) is 1. The first-order valence-electron chi connectivity index (χ1n) is 2.37. The third kappa shape index (κ3) is 3.64. The van der Waals surface area contributed by atoms with Crippen molar-refractivity contribution in [2.24, 2.45) is 11.1 Å². The summed E-state index contributed by atoms with van der Waals surface area (Å²) in [6, 6.07) is 0. The van der Waals surface area contributed by atoms with Gasteiger partial charge in [-0.2, -0.15) is 13.2 Å². The van der Waals surface area contributed by atoms with Gasteiger partial charge in [0.15, 0.2) is 0 Å². The van der Waals surface area contributed by atoms with Crippen molar-refractivity contribution < 1.29 is 13.2 Å². The van der Waals surface area contributed by atoms with Gasteiger partial charge in [0.1, 0.15) is 0 Å². The number of rotatable bonds is 2. The molecule has 0 saturated heterocycles. The molecule has 0 aromatic rings. The molecule has 0 bridgehead atoms. The fourth-order valence-corrected chi connectivity index (χ4v) is 0.716. The molecule has 56 valence electrons. The molecular formula is C4H8F3NS. The van der Waals surface area contributed by atoms with Crippen LogP contribution in [0.3, 0.4) is 0 Å². The Balaban J connectivity index is 3.59. The molecule has 0 aliphatic rings. The third-order valence-electron chi connectivity index (χ3n) is 0.905. The van der Waals surface area contributed by atoms with Gasteiger partial charge in [0.2, 0.25) is 0 Å². The number of hydrogen-bond acceptors (Lipinski definition) is 2. The van der Waals surface area contributed by atoms with E-state index in [9.17, 15) is 13.2 Å². The predicted molar refractivity (Wildman–Crippen MR) is 31.9 cm³/mol. The summed E-state index contributed by atoms with van der Waals surface area (Å²) in [7, 11) is 0. The SMILES string of the molecule is CC(CSN)C(F)(F)F. The van der Waals surface area contributed by atoms with Gasteiger partial charge >= 0.3 is 6.18 Å². The molecule has 9 heavy (non-hydrogen) atoms. The van der Waals surface area contributed by atoms with Crippen LogP contribution in [0.2, 0.25) is 0 Å². The molecule has 2 N–H and O–H groups in total. The maximum atomic E-state index is 11.6. The zero-order chi connectivity index (χ0) is 7.49. The molecule has 0 spiro atoms. The quantitative estimate of drug-likeness (QED) is 0.621. The van der Waals surface area contributed by atoms with Crippen molar-refractivity contribution in [1.82, 2.24) is 0 Å². The fraction of sp³-hybridized carbons (Fsp3) is 1.00. The van der Waals surface area contributed by atoms with Crippen LogP contribution in [0.5, 0.6) is 0 Å². The first-order valence-corrected chi connectivity index (χ1v) is 3.41. The summed E-state index contributed by atoms with van der Waals surface area (Å²) < 4.78 is 34.7. The highest BCUT2D eigenvalue weighted by atomic mass is 32.2. The Kier molecular flexibility index (Phi) is 3.35. The monoisotopic (exact) mass is 159 g/mol. The van der Waals surface area contributed by atoms with Crippen LogP contribution in [0.4, 0.5) is 13.2 Å². The number of alkyl halides is 3. The second kappa shape index (κ2) is 3.31. The summed E-state index contributed by atoms with van der Waals surface area (Å²) in [5, 5.41) is 4.84. The van der Waals surface area contributed by atoms with Crippen LogP contribution in [0, 0.1) is 5.92 Å². The molecule has 1 unspecified atom stereocenters. The van der Waals surface area contributed by atoms with Gasteiger partial charge in [0, 0.05) is 5.75 Å². The molecule has 0 aliphatic heterocycles. The zero-order valence-corrected chi connectivity index (χ0v) is 5.72. The molecule has 0 heterocycles. The van der Waals surface area contributed by atoms with E-state index in [0.29, 0.717) is 11.9 Å². The van der Waals surface area contributed by atoms with Gasteiger partial charge in [-0.15, -0.1) is 0 Å². The summed E-state index contributed by atoms with van der Waals surface area (Å²) in [4.78, 5) is 0. The van der Waals surface area contributed by atoms with Crippen LogP contribution in [-0.4, -0.2) is 11.9 Å². The van der Waals surface area contributed by atoms with E-state index in [2.05, 4.69) is 0 Å². The van der Waals surface area contributed by atoms with E-state index in [0.717, 1.165) is 6.92 Å². The number of halogens is 3. The van der Waals surface area contributed by atoms with Gasteiger partial charge in [-0.1, -0.05) is 18.9 Å². The molecule has 0 radical (unpaired) electrons. The minimum Gasteiger partial charge on any atom is -0.278 e. The van der Waals surface area contributed by atoms with Gasteiger partial charge in [0.05, 0.1) is 5.92 Å². The lowest BCUT2D eigenvalue weighted by molar-refractivity contribution is -0.162. The average Bonchev–Trinajstić information content (AvgIpc) is 1.64. The highest BCUT2D eigenvalue weighted by molar-refractivity contribution is 7.97. The van der Waals surface area contributed by atoms with Gasteiger partial charge in [-0.25, -0.2) is 0 Å². The zero-order valence-electron chi connectivity index (χ0n) is 4.90. The van der Waals surface area contributed by atoms with Crippen molar-refractivity contribution in [3.63, 3.8) is 0 Å². The summed E-state index contributed by atoms with van der Waals surface area (Å²) in [5.74, 6) is -1.36. The first kappa shape index (κ1) is 9.10. The summed E-state index contributed by atoms with van der Waals surface area (Å²) >= 11 is 0.717. The van der Waals surface area contributed by atoms with Gasteiger partial charge < -0.3 is 0 Å². The maximum absolute atomic E-state index is 11.6. The van der Waals surface area contributed by atoms with Crippen LogP contribution < -0.4 is 5.14 Å². The number of hydrogen-bond donors (Lipinski definition) is 1. The van der Waals surface area contributed by atoms with E-state index in [1.807, 2.05) is 0 Å². The second-order valence-corrected chi connectivity index (χ2v) is 2.44. The minimum absolute atomic E-state index is 0.0660. The molecule has 0 aliphatic carbocycles. The Bertz CT molecular complexity index is 82.4. The van der Waals surface area contributed by atoms with E-state index in [1.54, 1.807) is 0 Å². The molecule has 0 aromatic carbocycles. The van der Waals surface area contributed by atoms with Gasteiger partial charge in [0.25, 0.3) is 0 Å². The van der Waals surface area contributed by atoms with Crippen molar-refractivity contribution in [2.45, 2.75) is 13.1 Å². The van der Waals surface area contributed by atoms with Gasteiger partial charge in [-0.3, -0.25) is 5.14 Å². The maximum Gasteiger partial charge on any atom is 0.392 e. The molecule has 0 saturated carbocycles. The van der Waals surface area contributed by atoms with E-state index >= 15 is 0 Å². The van der Waals surface area contributed by atoms with Crippen molar-refractivity contribution in [3.05, 3.63) is 0 Å². The van der Waals surface area contributed by atoms with Gasteiger partial charge in [-0.05, 0) is 0 Å². The van der Waals surface area contributed by atoms with Crippen LogP contribution in [-0.2, 0) is 0 Å². The standard InChI is InChI=1S/C4H8F3NS/c1-3(2-9-8)4(5,6)7/h3H,2,8H2,1H3. The van der Waals surface area contributed by atoms with E-state index in [-0.39, 0.29) is 5.75 Å². The molecule has 0 rings (SSSR count). The highest BCUT2D eigenvalue weighted by Gasteiger charge is 2.35.